The van der Waals surface area contributed by atoms with Crippen LogP contribution in [-0.4, -0.2) is 17.1 Å². The molecule has 3 heteroatoms. The van der Waals surface area contributed by atoms with Crippen molar-refractivity contribution < 1.29 is 5.11 Å². The molecule has 3 aromatic rings. The molecule has 1 atom stereocenters. The average molecular weight is 264 g/mol. The Bertz CT molecular complexity index is 725. The Morgan fingerprint density at radius 2 is 1.80 bits per heavy atom. The van der Waals surface area contributed by atoms with E-state index in [2.05, 4.69) is 10.3 Å². The second-order valence-corrected chi connectivity index (χ2v) is 4.71. The molecule has 3 rings (SSSR count). The van der Waals surface area contributed by atoms with Crippen LogP contribution >= 0.6 is 0 Å². The highest BCUT2D eigenvalue weighted by Gasteiger charge is 2.17. The van der Waals surface area contributed by atoms with Crippen molar-refractivity contribution in [3.63, 3.8) is 0 Å². The number of nitrogens with zero attached hydrogens (tertiary/aromatic N) is 1. The molecule has 0 amide bonds. The lowest BCUT2D eigenvalue weighted by atomic mass is 9.96. The van der Waals surface area contributed by atoms with Crippen LogP contribution in [0.2, 0.25) is 0 Å². The molecule has 1 aromatic heterocycles. The van der Waals surface area contributed by atoms with E-state index in [9.17, 15) is 5.11 Å². The van der Waals surface area contributed by atoms with Gasteiger partial charge in [0.05, 0.1) is 6.04 Å². The normalized spacial score (nSPS) is 12.4. The minimum atomic E-state index is -0.0531. The summed E-state index contributed by atoms with van der Waals surface area (Å²) in [6.45, 7) is 0. The number of hydrogen-bond donors (Lipinski definition) is 2. The number of hydrogen-bond acceptors (Lipinski definition) is 3. The van der Waals surface area contributed by atoms with Crippen molar-refractivity contribution in [3.05, 3.63) is 71.9 Å². The number of phenols is 1. The summed E-state index contributed by atoms with van der Waals surface area (Å²) in [5.74, 6) is 0.242. The lowest BCUT2D eigenvalue weighted by Gasteiger charge is -2.19. The van der Waals surface area contributed by atoms with Gasteiger partial charge in [-0.1, -0.05) is 48.5 Å². The highest BCUT2D eigenvalue weighted by molar-refractivity contribution is 5.85. The first kappa shape index (κ1) is 12.6. The third-order valence-electron chi connectivity index (χ3n) is 3.51. The van der Waals surface area contributed by atoms with Crippen LogP contribution in [-0.2, 0) is 0 Å². The molecule has 20 heavy (non-hydrogen) atoms. The Morgan fingerprint density at radius 1 is 1.00 bits per heavy atom. The van der Waals surface area contributed by atoms with E-state index >= 15 is 0 Å². The maximum Gasteiger partial charge on any atom is 0.146 e. The Balaban J connectivity index is 2.15. The summed E-state index contributed by atoms with van der Waals surface area (Å²) < 4.78 is 0. The van der Waals surface area contributed by atoms with Crippen LogP contribution in [0.1, 0.15) is 17.2 Å². The number of phenolic OH excluding ortho intramolecular Hbond substituents is 1. The van der Waals surface area contributed by atoms with E-state index in [0.29, 0.717) is 5.52 Å². The summed E-state index contributed by atoms with van der Waals surface area (Å²) in [6, 6.07) is 17.8. The Hall–Kier alpha value is -2.39. The predicted molar refractivity (Wildman–Crippen MR) is 80.8 cm³/mol. The summed E-state index contributed by atoms with van der Waals surface area (Å²) >= 11 is 0. The molecule has 2 aromatic carbocycles. The van der Waals surface area contributed by atoms with Gasteiger partial charge in [0.15, 0.2) is 0 Å². The van der Waals surface area contributed by atoms with Crippen molar-refractivity contribution in [2.45, 2.75) is 6.04 Å². The first-order valence-corrected chi connectivity index (χ1v) is 6.60. The Labute approximate surface area is 117 Å². The van der Waals surface area contributed by atoms with E-state index < -0.39 is 0 Å². The van der Waals surface area contributed by atoms with Crippen molar-refractivity contribution >= 4 is 10.9 Å². The molecular formula is C17H16N2O. The SMILES string of the molecule is CNC(c1ccccc1)c1ccc2cccnc2c1O. The molecule has 1 unspecified atom stereocenters. The van der Waals surface area contributed by atoms with E-state index in [-0.39, 0.29) is 11.8 Å². The third-order valence-corrected chi connectivity index (χ3v) is 3.51. The minimum absolute atomic E-state index is 0.0531. The number of pyridine rings is 1. The first-order chi connectivity index (χ1) is 9.81. The summed E-state index contributed by atoms with van der Waals surface area (Å²) in [6.07, 6.45) is 1.70. The molecule has 0 aliphatic carbocycles. The van der Waals surface area contributed by atoms with Crippen molar-refractivity contribution in [2.24, 2.45) is 0 Å². The van der Waals surface area contributed by atoms with Crippen LogP contribution in [0.4, 0.5) is 0 Å². The fourth-order valence-corrected chi connectivity index (χ4v) is 2.53. The molecule has 3 nitrogen and oxygen atoms in total. The standard InChI is InChI=1S/C17H16N2O/c1-18-15(12-6-3-2-4-7-12)14-10-9-13-8-5-11-19-16(13)17(14)20/h2-11,15,18,20H,1H3. The molecule has 2 N–H and O–H groups in total. The number of nitrogens with one attached hydrogen (secondary N) is 1. The van der Waals surface area contributed by atoms with Crippen molar-refractivity contribution in [2.75, 3.05) is 7.05 Å². The van der Waals surface area contributed by atoms with Gasteiger partial charge in [-0.25, -0.2) is 0 Å². The van der Waals surface area contributed by atoms with E-state index in [0.717, 1.165) is 16.5 Å². The summed E-state index contributed by atoms with van der Waals surface area (Å²) in [4.78, 5) is 4.27. The maximum atomic E-state index is 10.5. The van der Waals surface area contributed by atoms with Gasteiger partial charge in [-0.3, -0.25) is 4.98 Å². The quantitative estimate of drug-likeness (QED) is 0.763. The molecule has 1 heterocycles. The number of aromatic nitrogens is 1. The maximum absolute atomic E-state index is 10.5. The summed E-state index contributed by atoms with van der Waals surface area (Å²) in [5, 5.41) is 14.7. The summed E-state index contributed by atoms with van der Waals surface area (Å²) in [5.41, 5.74) is 2.59. The zero-order valence-corrected chi connectivity index (χ0v) is 11.2. The van der Waals surface area contributed by atoms with Gasteiger partial charge in [0.25, 0.3) is 0 Å². The van der Waals surface area contributed by atoms with Gasteiger partial charge in [-0.05, 0) is 18.7 Å². The third kappa shape index (κ3) is 2.12. The van der Waals surface area contributed by atoms with Crippen LogP contribution in [0.3, 0.4) is 0 Å². The molecule has 0 saturated heterocycles. The molecule has 0 fully saturated rings. The number of rotatable bonds is 3. The van der Waals surface area contributed by atoms with Crippen molar-refractivity contribution in [1.82, 2.24) is 10.3 Å². The van der Waals surface area contributed by atoms with Crippen molar-refractivity contribution in [3.8, 4) is 5.75 Å². The highest BCUT2D eigenvalue weighted by Crippen LogP contribution is 2.33. The highest BCUT2D eigenvalue weighted by atomic mass is 16.3. The Morgan fingerprint density at radius 3 is 2.55 bits per heavy atom. The topological polar surface area (TPSA) is 45.2 Å². The molecule has 0 bridgehead atoms. The lowest BCUT2D eigenvalue weighted by Crippen LogP contribution is -2.17. The first-order valence-electron chi connectivity index (χ1n) is 6.60. The molecule has 100 valence electrons. The van der Waals surface area contributed by atoms with Gasteiger partial charge in [0.1, 0.15) is 11.3 Å². The van der Waals surface area contributed by atoms with Gasteiger partial charge < -0.3 is 10.4 Å². The Kier molecular flexibility index (Phi) is 3.35. The van der Waals surface area contributed by atoms with E-state index in [4.69, 9.17) is 0 Å². The van der Waals surface area contributed by atoms with Gasteiger partial charge >= 0.3 is 0 Å². The second-order valence-electron chi connectivity index (χ2n) is 4.71. The lowest BCUT2D eigenvalue weighted by molar-refractivity contribution is 0.466. The largest absolute Gasteiger partial charge is 0.505 e. The number of aromatic hydroxyl groups is 1. The van der Waals surface area contributed by atoms with Gasteiger partial charge in [0.2, 0.25) is 0 Å². The van der Waals surface area contributed by atoms with E-state index in [1.54, 1.807) is 6.20 Å². The molecule has 0 aliphatic heterocycles. The molecule has 0 spiro atoms. The molecule has 0 aliphatic rings. The average Bonchev–Trinajstić information content (AvgIpc) is 2.51. The monoisotopic (exact) mass is 264 g/mol. The van der Waals surface area contributed by atoms with Crippen LogP contribution in [0.15, 0.2) is 60.8 Å². The van der Waals surface area contributed by atoms with Crippen LogP contribution in [0.25, 0.3) is 10.9 Å². The van der Waals surface area contributed by atoms with Crippen LogP contribution in [0, 0.1) is 0 Å². The van der Waals surface area contributed by atoms with E-state index in [1.807, 2.05) is 61.6 Å². The van der Waals surface area contributed by atoms with Crippen molar-refractivity contribution in [1.29, 1.82) is 0 Å². The number of benzene rings is 2. The zero-order valence-electron chi connectivity index (χ0n) is 11.2. The van der Waals surface area contributed by atoms with Crippen LogP contribution in [0.5, 0.6) is 5.75 Å². The zero-order chi connectivity index (χ0) is 13.9. The molecular weight excluding hydrogens is 248 g/mol. The molecule has 0 saturated carbocycles. The minimum Gasteiger partial charge on any atom is -0.505 e. The fourth-order valence-electron chi connectivity index (χ4n) is 2.53. The number of fused-ring (bicyclic) bond motifs is 1. The van der Waals surface area contributed by atoms with Gasteiger partial charge in [-0.15, -0.1) is 0 Å². The van der Waals surface area contributed by atoms with Crippen LogP contribution < -0.4 is 5.32 Å². The van der Waals surface area contributed by atoms with Gasteiger partial charge in [-0.2, -0.15) is 0 Å². The van der Waals surface area contributed by atoms with E-state index in [1.165, 1.54) is 0 Å². The van der Waals surface area contributed by atoms with Gasteiger partial charge in [0, 0.05) is 17.1 Å². The predicted octanol–water partition coefficient (Wildman–Crippen LogP) is 3.25. The smallest absolute Gasteiger partial charge is 0.146 e. The molecule has 0 radical (unpaired) electrons. The fraction of sp³-hybridized carbons (Fsp3) is 0.118. The second kappa shape index (κ2) is 5.31. The summed E-state index contributed by atoms with van der Waals surface area (Å²) in [7, 11) is 1.89.